The number of hydrogen-bond donors (Lipinski definition) is 1. The lowest BCUT2D eigenvalue weighted by Gasteiger charge is -2.21. The van der Waals surface area contributed by atoms with E-state index in [2.05, 4.69) is 41.4 Å². The average Bonchev–Trinajstić information content (AvgIpc) is 3.27. The molecule has 0 spiro atoms. The highest BCUT2D eigenvalue weighted by Gasteiger charge is 2.28. The monoisotopic (exact) mass is 260 g/mol. The van der Waals surface area contributed by atoms with Gasteiger partial charge in [-0.25, -0.2) is 0 Å². The van der Waals surface area contributed by atoms with Crippen LogP contribution in [-0.4, -0.2) is 31.1 Å². The van der Waals surface area contributed by atoms with Crippen molar-refractivity contribution in [2.24, 2.45) is 0 Å². The lowest BCUT2D eigenvalue weighted by atomic mass is 10.1. The molecule has 0 bridgehead atoms. The van der Waals surface area contributed by atoms with E-state index in [0.717, 1.165) is 25.6 Å². The van der Waals surface area contributed by atoms with Gasteiger partial charge in [0.2, 0.25) is 0 Å². The van der Waals surface area contributed by atoms with Crippen molar-refractivity contribution in [3.63, 3.8) is 0 Å². The summed E-state index contributed by atoms with van der Waals surface area (Å²) in [7, 11) is 2.01. The molecule has 2 nitrogen and oxygen atoms in total. The largest absolute Gasteiger partial charge is 0.319 e. The van der Waals surface area contributed by atoms with Gasteiger partial charge in [0, 0.05) is 12.6 Å². The Bertz CT molecular complexity index is 354. The van der Waals surface area contributed by atoms with Crippen molar-refractivity contribution in [1.82, 2.24) is 10.2 Å². The molecule has 1 aliphatic rings. The summed E-state index contributed by atoms with van der Waals surface area (Å²) in [6.07, 6.45) is 6.57. The molecule has 0 amide bonds. The topological polar surface area (TPSA) is 15.3 Å². The van der Waals surface area contributed by atoms with Crippen molar-refractivity contribution in [3.8, 4) is 0 Å². The standard InChI is InChI=1S/C17H28N2/c1-3-4-13-19(17-9-10-17)14-16-7-5-15(6-8-16)11-12-18-2/h5-8,17-18H,3-4,9-14H2,1-2H3. The first kappa shape index (κ1) is 14.5. The Hall–Kier alpha value is -0.860. The van der Waals surface area contributed by atoms with Crippen LogP contribution in [0.4, 0.5) is 0 Å². The van der Waals surface area contributed by atoms with Crippen LogP contribution in [0.5, 0.6) is 0 Å². The minimum absolute atomic E-state index is 0.871. The molecule has 1 aromatic rings. The summed E-state index contributed by atoms with van der Waals surface area (Å²) in [6, 6.07) is 10.1. The second-order valence-corrected chi connectivity index (χ2v) is 5.73. The first-order valence-corrected chi connectivity index (χ1v) is 7.80. The predicted molar refractivity (Wildman–Crippen MR) is 82.4 cm³/mol. The number of unbranched alkanes of at least 4 members (excludes halogenated alkanes) is 1. The summed E-state index contributed by atoms with van der Waals surface area (Å²) < 4.78 is 0. The van der Waals surface area contributed by atoms with Gasteiger partial charge >= 0.3 is 0 Å². The van der Waals surface area contributed by atoms with E-state index in [1.54, 1.807) is 0 Å². The summed E-state index contributed by atoms with van der Waals surface area (Å²) in [4.78, 5) is 2.67. The summed E-state index contributed by atoms with van der Waals surface area (Å²) in [6.45, 7) is 5.74. The third-order valence-corrected chi connectivity index (χ3v) is 3.93. The van der Waals surface area contributed by atoms with Gasteiger partial charge in [0.25, 0.3) is 0 Å². The molecule has 0 radical (unpaired) electrons. The quantitative estimate of drug-likeness (QED) is 0.733. The molecule has 0 aromatic heterocycles. The molecule has 2 rings (SSSR count). The number of benzene rings is 1. The van der Waals surface area contributed by atoms with Gasteiger partial charge in [-0.2, -0.15) is 0 Å². The van der Waals surface area contributed by atoms with Gasteiger partial charge in [0.05, 0.1) is 0 Å². The van der Waals surface area contributed by atoms with Crippen LogP contribution in [0.1, 0.15) is 43.7 Å². The number of hydrogen-bond acceptors (Lipinski definition) is 2. The van der Waals surface area contributed by atoms with Crippen molar-refractivity contribution in [2.75, 3.05) is 20.1 Å². The number of rotatable bonds is 9. The zero-order chi connectivity index (χ0) is 13.5. The fraction of sp³-hybridized carbons (Fsp3) is 0.647. The molecule has 106 valence electrons. The van der Waals surface area contributed by atoms with Gasteiger partial charge in [-0.05, 0) is 56.9 Å². The molecule has 19 heavy (non-hydrogen) atoms. The van der Waals surface area contributed by atoms with Gasteiger partial charge in [-0.3, -0.25) is 4.90 Å². The van der Waals surface area contributed by atoms with Crippen LogP contribution in [0, 0.1) is 0 Å². The highest BCUT2D eigenvalue weighted by atomic mass is 15.2. The third kappa shape index (κ3) is 4.96. The molecular weight excluding hydrogens is 232 g/mol. The highest BCUT2D eigenvalue weighted by Crippen LogP contribution is 2.28. The smallest absolute Gasteiger partial charge is 0.0236 e. The first-order valence-electron chi connectivity index (χ1n) is 7.80. The van der Waals surface area contributed by atoms with E-state index in [9.17, 15) is 0 Å². The second-order valence-electron chi connectivity index (χ2n) is 5.73. The summed E-state index contributed by atoms with van der Waals surface area (Å²) in [5.74, 6) is 0. The molecule has 1 saturated carbocycles. The van der Waals surface area contributed by atoms with Crippen LogP contribution in [0.2, 0.25) is 0 Å². The lowest BCUT2D eigenvalue weighted by Crippen LogP contribution is -2.26. The zero-order valence-electron chi connectivity index (χ0n) is 12.5. The van der Waals surface area contributed by atoms with Crippen LogP contribution in [0.15, 0.2) is 24.3 Å². The van der Waals surface area contributed by atoms with Crippen LogP contribution in [0.3, 0.4) is 0 Å². The Kier molecular flexibility index (Phi) is 5.87. The number of likely N-dealkylation sites (N-methyl/N-ethyl adjacent to an activating group) is 1. The van der Waals surface area contributed by atoms with Crippen LogP contribution < -0.4 is 5.32 Å². The molecule has 0 heterocycles. The zero-order valence-corrected chi connectivity index (χ0v) is 12.5. The minimum atomic E-state index is 0.871. The lowest BCUT2D eigenvalue weighted by molar-refractivity contribution is 0.250. The molecule has 1 fully saturated rings. The van der Waals surface area contributed by atoms with E-state index >= 15 is 0 Å². The second kappa shape index (κ2) is 7.66. The molecular formula is C17H28N2. The molecule has 1 aliphatic carbocycles. The van der Waals surface area contributed by atoms with Gasteiger partial charge in [0.15, 0.2) is 0 Å². The maximum absolute atomic E-state index is 3.20. The highest BCUT2D eigenvalue weighted by molar-refractivity contribution is 5.23. The fourth-order valence-electron chi connectivity index (χ4n) is 2.51. The maximum atomic E-state index is 3.20. The minimum Gasteiger partial charge on any atom is -0.319 e. The SMILES string of the molecule is CCCCN(Cc1ccc(CCNC)cc1)C1CC1. The van der Waals surface area contributed by atoms with Crippen LogP contribution in [0.25, 0.3) is 0 Å². The Morgan fingerprint density at radius 2 is 1.84 bits per heavy atom. The summed E-state index contributed by atoms with van der Waals surface area (Å²) in [5.41, 5.74) is 2.90. The average molecular weight is 260 g/mol. The van der Waals surface area contributed by atoms with Crippen molar-refractivity contribution in [2.45, 2.75) is 51.6 Å². The maximum Gasteiger partial charge on any atom is 0.0236 e. The van der Waals surface area contributed by atoms with Crippen molar-refractivity contribution < 1.29 is 0 Å². The van der Waals surface area contributed by atoms with Crippen molar-refractivity contribution >= 4 is 0 Å². The van der Waals surface area contributed by atoms with E-state index in [-0.39, 0.29) is 0 Å². The Morgan fingerprint density at radius 1 is 1.16 bits per heavy atom. The fourth-order valence-corrected chi connectivity index (χ4v) is 2.51. The normalized spacial score (nSPS) is 15.1. The van der Waals surface area contributed by atoms with Crippen LogP contribution >= 0.6 is 0 Å². The predicted octanol–water partition coefficient (Wildman–Crippen LogP) is 3.21. The van der Waals surface area contributed by atoms with Gasteiger partial charge in [0.1, 0.15) is 0 Å². The Balaban J connectivity index is 1.86. The molecule has 0 atom stereocenters. The van der Waals surface area contributed by atoms with E-state index in [1.807, 2.05) is 7.05 Å². The summed E-state index contributed by atoms with van der Waals surface area (Å²) in [5, 5.41) is 3.20. The van der Waals surface area contributed by atoms with E-state index < -0.39 is 0 Å². The molecule has 1 aromatic carbocycles. The Morgan fingerprint density at radius 3 is 2.42 bits per heavy atom. The van der Waals surface area contributed by atoms with Gasteiger partial charge < -0.3 is 5.32 Å². The van der Waals surface area contributed by atoms with E-state index in [1.165, 1.54) is 43.4 Å². The molecule has 0 saturated heterocycles. The van der Waals surface area contributed by atoms with Gasteiger partial charge in [-0.15, -0.1) is 0 Å². The number of nitrogens with one attached hydrogen (secondary N) is 1. The first-order chi connectivity index (χ1) is 9.33. The van der Waals surface area contributed by atoms with Crippen molar-refractivity contribution in [3.05, 3.63) is 35.4 Å². The molecule has 2 heteroatoms. The molecule has 0 unspecified atom stereocenters. The van der Waals surface area contributed by atoms with Crippen LogP contribution in [-0.2, 0) is 13.0 Å². The molecule has 0 aliphatic heterocycles. The van der Waals surface area contributed by atoms with Gasteiger partial charge in [-0.1, -0.05) is 37.6 Å². The molecule has 1 N–H and O–H groups in total. The van der Waals surface area contributed by atoms with E-state index in [0.29, 0.717) is 0 Å². The Labute approximate surface area is 118 Å². The van der Waals surface area contributed by atoms with E-state index in [4.69, 9.17) is 0 Å². The third-order valence-electron chi connectivity index (χ3n) is 3.93. The van der Waals surface area contributed by atoms with Crippen molar-refractivity contribution in [1.29, 1.82) is 0 Å². The number of nitrogens with zero attached hydrogens (tertiary/aromatic N) is 1. The summed E-state index contributed by atoms with van der Waals surface area (Å²) >= 11 is 0.